The number of carbonyl (C=O) groups excluding carboxylic acids is 2. The van der Waals surface area contributed by atoms with Gasteiger partial charge in [0.05, 0.1) is 24.2 Å². The Morgan fingerprint density at radius 2 is 1.89 bits per heavy atom. The fourth-order valence-electron chi connectivity index (χ4n) is 3.74. The molecule has 0 aliphatic carbocycles. The van der Waals surface area contributed by atoms with Crippen molar-refractivity contribution < 1.29 is 32.2 Å². The van der Waals surface area contributed by atoms with Gasteiger partial charge in [-0.05, 0) is 43.3 Å². The highest BCUT2D eigenvalue weighted by Gasteiger charge is 2.31. The summed E-state index contributed by atoms with van der Waals surface area (Å²) in [5, 5.41) is 0.0494. The first-order valence-electron chi connectivity index (χ1n) is 11.1. The minimum Gasteiger partial charge on any atom is -0.462 e. The number of rotatable bonds is 6. The third kappa shape index (κ3) is 5.14. The van der Waals surface area contributed by atoms with Crippen LogP contribution < -0.4 is 11.0 Å². The molecule has 0 atom stereocenters. The zero-order valence-electron chi connectivity index (χ0n) is 19.8. The summed E-state index contributed by atoms with van der Waals surface area (Å²) in [5.74, 6) is -1.90. The minimum atomic E-state index is -4.67. The molecule has 192 valence electrons. The van der Waals surface area contributed by atoms with E-state index in [2.05, 4.69) is 9.98 Å². The molecule has 0 aliphatic heterocycles. The van der Waals surface area contributed by atoms with Gasteiger partial charge in [-0.25, -0.2) is 9.78 Å². The number of halogens is 3. The van der Waals surface area contributed by atoms with Crippen LogP contribution in [0, 0.1) is 0 Å². The third-order valence-corrected chi connectivity index (χ3v) is 5.45. The maximum Gasteiger partial charge on any atom is 0.416 e. The Balaban J connectivity index is 2.07. The minimum absolute atomic E-state index is 0.00902. The van der Waals surface area contributed by atoms with Gasteiger partial charge in [0.1, 0.15) is 16.9 Å². The van der Waals surface area contributed by atoms with Gasteiger partial charge >= 0.3 is 12.1 Å². The molecule has 0 N–H and O–H groups in total. The predicted molar refractivity (Wildman–Crippen MR) is 126 cm³/mol. The lowest BCUT2D eigenvalue weighted by atomic mass is 10.1. The van der Waals surface area contributed by atoms with Crippen LogP contribution in [0.25, 0.3) is 16.7 Å². The Kier molecular flexibility index (Phi) is 7.21. The van der Waals surface area contributed by atoms with Gasteiger partial charge in [0.15, 0.2) is 5.49 Å². The smallest absolute Gasteiger partial charge is 0.416 e. The highest BCUT2D eigenvalue weighted by atomic mass is 19.4. The molecule has 0 saturated heterocycles. The van der Waals surface area contributed by atoms with E-state index in [0.717, 1.165) is 12.1 Å². The van der Waals surface area contributed by atoms with E-state index in [1.807, 2.05) is 0 Å². The third-order valence-electron chi connectivity index (χ3n) is 5.45. The number of nitrogens with zero attached hydrogens (tertiary/aromatic N) is 4. The van der Waals surface area contributed by atoms with Crippen LogP contribution in [0.2, 0.25) is 0 Å². The molecule has 0 aliphatic rings. The molecule has 0 radical (unpaired) electrons. The highest BCUT2D eigenvalue weighted by molar-refractivity contribution is 5.97. The molecule has 1 amide bonds. The van der Waals surface area contributed by atoms with Crippen molar-refractivity contribution in [3.05, 3.63) is 87.3 Å². The van der Waals surface area contributed by atoms with E-state index < -0.39 is 29.2 Å². The molecule has 0 spiro atoms. The number of ether oxygens (including phenoxy) is 2. The van der Waals surface area contributed by atoms with Crippen molar-refractivity contribution in [2.45, 2.75) is 19.6 Å². The van der Waals surface area contributed by atoms with Crippen molar-refractivity contribution >= 4 is 28.6 Å². The van der Waals surface area contributed by atoms with E-state index in [4.69, 9.17) is 9.47 Å². The summed E-state index contributed by atoms with van der Waals surface area (Å²) in [6.07, 6.45) is -3.15. The molecule has 0 unspecified atom stereocenters. The number of pyridine rings is 2. The lowest BCUT2D eigenvalue weighted by Crippen LogP contribution is -2.33. The summed E-state index contributed by atoms with van der Waals surface area (Å²) in [4.78, 5) is 47.7. The maximum absolute atomic E-state index is 13.3. The zero-order valence-corrected chi connectivity index (χ0v) is 19.8. The van der Waals surface area contributed by atoms with Gasteiger partial charge < -0.3 is 14.0 Å². The second kappa shape index (κ2) is 10.3. The molecular formula is C25H21F3N4O5. The monoisotopic (exact) mass is 514 g/mol. The average Bonchev–Trinajstić information content (AvgIpc) is 2.87. The van der Waals surface area contributed by atoms with Crippen LogP contribution >= 0.6 is 0 Å². The van der Waals surface area contributed by atoms with Crippen molar-refractivity contribution in [3.63, 3.8) is 0 Å². The molecule has 1 aromatic carbocycles. The summed E-state index contributed by atoms with van der Waals surface area (Å²) in [6.45, 7) is 1.67. The number of aromatic nitrogens is 3. The Labute approximate surface area is 207 Å². The van der Waals surface area contributed by atoms with E-state index in [1.165, 1.54) is 34.4 Å². The fraction of sp³-hybridized carbons (Fsp3) is 0.240. The standard InChI is InChI=1S/C25H21F3N4O5/c1-3-37-24(35)18-14-17-20(29-19-9-4-5-10-31(19)23(17)34)32(11-12-36-2)21(18)30-22(33)15-7-6-8-16(13-15)25(26,27)28/h4-10,13-14H,3,11-12H2,1-2H3. The van der Waals surface area contributed by atoms with Crippen molar-refractivity contribution in [2.24, 2.45) is 4.99 Å². The summed E-state index contributed by atoms with van der Waals surface area (Å²) in [7, 11) is 1.43. The van der Waals surface area contributed by atoms with Gasteiger partial charge in [-0.15, -0.1) is 0 Å². The topological polar surface area (TPSA) is 104 Å². The van der Waals surface area contributed by atoms with E-state index >= 15 is 0 Å². The van der Waals surface area contributed by atoms with Crippen molar-refractivity contribution in [2.75, 3.05) is 20.3 Å². The molecule has 3 heterocycles. The fourth-order valence-corrected chi connectivity index (χ4v) is 3.74. The van der Waals surface area contributed by atoms with Crippen LogP contribution in [0.1, 0.15) is 33.2 Å². The molecule has 12 heteroatoms. The van der Waals surface area contributed by atoms with E-state index in [1.54, 1.807) is 25.1 Å². The molecular weight excluding hydrogens is 493 g/mol. The number of hydrogen-bond donors (Lipinski definition) is 0. The second-order valence-electron chi connectivity index (χ2n) is 7.83. The van der Waals surface area contributed by atoms with Gasteiger partial charge in [0.25, 0.3) is 11.5 Å². The lowest BCUT2D eigenvalue weighted by molar-refractivity contribution is -0.137. The quantitative estimate of drug-likeness (QED) is 0.289. The summed E-state index contributed by atoms with van der Waals surface area (Å²) >= 11 is 0. The molecule has 0 fully saturated rings. The van der Waals surface area contributed by atoms with E-state index in [0.29, 0.717) is 11.7 Å². The number of alkyl halides is 3. The van der Waals surface area contributed by atoms with Crippen LogP contribution in [-0.4, -0.2) is 46.2 Å². The van der Waals surface area contributed by atoms with E-state index in [-0.39, 0.29) is 47.4 Å². The van der Waals surface area contributed by atoms with Crippen molar-refractivity contribution in [1.82, 2.24) is 14.0 Å². The molecule has 0 bridgehead atoms. The number of carbonyl (C=O) groups is 2. The average molecular weight is 514 g/mol. The largest absolute Gasteiger partial charge is 0.462 e. The number of amides is 1. The van der Waals surface area contributed by atoms with Crippen LogP contribution in [0.5, 0.6) is 0 Å². The van der Waals surface area contributed by atoms with Gasteiger partial charge in [0.2, 0.25) is 0 Å². The Bertz CT molecular complexity index is 1640. The number of hydrogen-bond acceptors (Lipinski definition) is 6. The Hall–Kier alpha value is -4.32. The maximum atomic E-state index is 13.3. The first-order valence-corrected chi connectivity index (χ1v) is 11.1. The summed E-state index contributed by atoms with van der Waals surface area (Å²) < 4.78 is 52.5. The van der Waals surface area contributed by atoms with Crippen LogP contribution in [-0.2, 0) is 22.2 Å². The zero-order chi connectivity index (χ0) is 26.7. The molecule has 37 heavy (non-hydrogen) atoms. The van der Waals surface area contributed by atoms with Crippen LogP contribution in [0.4, 0.5) is 13.2 Å². The lowest BCUT2D eigenvalue weighted by Gasteiger charge is -2.15. The summed E-state index contributed by atoms with van der Waals surface area (Å²) in [5.41, 5.74) is -1.88. The molecule has 4 aromatic rings. The Morgan fingerprint density at radius 3 is 2.59 bits per heavy atom. The molecule has 3 aromatic heterocycles. The molecule has 9 nitrogen and oxygen atoms in total. The van der Waals surface area contributed by atoms with Crippen molar-refractivity contribution in [1.29, 1.82) is 0 Å². The number of benzene rings is 1. The summed E-state index contributed by atoms with van der Waals surface area (Å²) in [6, 6.07) is 9.93. The van der Waals surface area contributed by atoms with Gasteiger partial charge in [-0.1, -0.05) is 12.1 Å². The number of fused-ring (bicyclic) bond motifs is 2. The van der Waals surface area contributed by atoms with Crippen molar-refractivity contribution in [3.8, 4) is 0 Å². The first-order chi connectivity index (χ1) is 17.7. The first kappa shape index (κ1) is 25.8. The normalized spacial score (nSPS) is 12.3. The highest BCUT2D eigenvalue weighted by Crippen LogP contribution is 2.29. The predicted octanol–water partition coefficient (Wildman–Crippen LogP) is 3.23. The number of esters is 1. The van der Waals surface area contributed by atoms with Gasteiger partial charge in [-0.2, -0.15) is 18.2 Å². The van der Waals surface area contributed by atoms with Crippen LogP contribution in [0.3, 0.4) is 0 Å². The second-order valence-corrected chi connectivity index (χ2v) is 7.83. The van der Waals surface area contributed by atoms with Gasteiger partial charge in [-0.3, -0.25) is 14.0 Å². The number of methoxy groups -OCH3 is 1. The molecule has 4 rings (SSSR count). The SMILES string of the molecule is CCOC(=O)c1cc2c(=O)n3ccccc3nc2n(CCOC)c1=NC(=O)c1cccc(C(F)(F)F)c1. The Morgan fingerprint density at radius 1 is 1.11 bits per heavy atom. The van der Waals surface area contributed by atoms with E-state index in [9.17, 15) is 27.6 Å². The van der Waals surface area contributed by atoms with Gasteiger partial charge in [0, 0.05) is 25.4 Å². The van der Waals surface area contributed by atoms with Crippen LogP contribution in [0.15, 0.2) is 64.5 Å². The molecule has 0 saturated carbocycles.